The van der Waals surface area contributed by atoms with Gasteiger partial charge in [-0.3, -0.25) is 0 Å². The van der Waals surface area contributed by atoms with Crippen LogP contribution in [0.2, 0.25) is 0 Å². The van der Waals surface area contributed by atoms with Crippen LogP contribution < -0.4 is 0 Å². The molecule has 0 aliphatic rings. The Morgan fingerprint density at radius 3 is 2.13 bits per heavy atom. The molecule has 0 aromatic carbocycles. The van der Waals surface area contributed by atoms with E-state index in [0.717, 1.165) is 12.3 Å². The standard InChI is InChI=1S/C13H29NO/c1-4-13(10-12-15)9-7-8-11-14(5-2)6-3/h13,15H,4-12H2,1-3H3/t13-/m1/s1. The SMILES string of the molecule is CC[C@@H](CCO)CCCCN(CC)CC. The van der Waals surface area contributed by atoms with E-state index < -0.39 is 0 Å². The minimum atomic E-state index is 0.356. The van der Waals surface area contributed by atoms with Crippen LogP contribution in [0, 0.1) is 5.92 Å². The van der Waals surface area contributed by atoms with Crippen LogP contribution >= 0.6 is 0 Å². The molecule has 0 aromatic heterocycles. The van der Waals surface area contributed by atoms with Gasteiger partial charge < -0.3 is 10.0 Å². The lowest BCUT2D eigenvalue weighted by atomic mass is 9.96. The van der Waals surface area contributed by atoms with Crippen LogP contribution in [0.5, 0.6) is 0 Å². The van der Waals surface area contributed by atoms with E-state index in [1.807, 2.05) is 0 Å². The highest BCUT2D eigenvalue weighted by Gasteiger charge is 2.05. The average Bonchev–Trinajstić information content (AvgIpc) is 2.28. The molecule has 0 rings (SSSR count). The number of rotatable bonds is 10. The molecule has 15 heavy (non-hydrogen) atoms. The molecule has 0 bridgehead atoms. The Morgan fingerprint density at radius 2 is 1.67 bits per heavy atom. The number of hydrogen-bond donors (Lipinski definition) is 1. The van der Waals surface area contributed by atoms with Gasteiger partial charge in [0.05, 0.1) is 0 Å². The predicted octanol–water partition coefficient (Wildman–Crippen LogP) is 2.91. The van der Waals surface area contributed by atoms with Crippen LogP contribution in [0.3, 0.4) is 0 Å². The quantitative estimate of drug-likeness (QED) is 0.566. The predicted molar refractivity (Wildman–Crippen MR) is 67.1 cm³/mol. The summed E-state index contributed by atoms with van der Waals surface area (Å²) in [5.41, 5.74) is 0. The van der Waals surface area contributed by atoms with Gasteiger partial charge in [0.1, 0.15) is 0 Å². The number of aliphatic hydroxyl groups is 1. The lowest BCUT2D eigenvalue weighted by molar-refractivity contribution is 0.242. The molecule has 0 saturated carbocycles. The first-order chi connectivity index (χ1) is 7.28. The van der Waals surface area contributed by atoms with Gasteiger partial charge in [0.15, 0.2) is 0 Å². The topological polar surface area (TPSA) is 23.5 Å². The number of aliphatic hydroxyl groups excluding tert-OH is 1. The van der Waals surface area contributed by atoms with E-state index in [1.54, 1.807) is 0 Å². The molecule has 0 heterocycles. The summed E-state index contributed by atoms with van der Waals surface area (Å²) >= 11 is 0. The van der Waals surface area contributed by atoms with Crippen molar-refractivity contribution in [3.8, 4) is 0 Å². The van der Waals surface area contributed by atoms with Gasteiger partial charge in [-0.25, -0.2) is 0 Å². The maximum Gasteiger partial charge on any atom is 0.0433 e. The summed E-state index contributed by atoms with van der Waals surface area (Å²) in [5.74, 6) is 0.742. The summed E-state index contributed by atoms with van der Waals surface area (Å²) in [4.78, 5) is 2.48. The zero-order chi connectivity index (χ0) is 11.5. The molecule has 0 fully saturated rings. The van der Waals surface area contributed by atoms with E-state index in [2.05, 4.69) is 25.7 Å². The van der Waals surface area contributed by atoms with Crippen molar-refractivity contribution in [3.63, 3.8) is 0 Å². The van der Waals surface area contributed by atoms with Gasteiger partial charge in [-0.05, 0) is 38.4 Å². The number of unbranched alkanes of at least 4 members (excludes halogenated alkanes) is 1. The van der Waals surface area contributed by atoms with Crippen molar-refractivity contribution in [2.75, 3.05) is 26.2 Å². The second kappa shape index (κ2) is 10.4. The fraction of sp³-hybridized carbons (Fsp3) is 1.00. The van der Waals surface area contributed by atoms with Crippen molar-refractivity contribution in [1.29, 1.82) is 0 Å². The summed E-state index contributed by atoms with van der Waals surface area (Å²) in [6, 6.07) is 0. The third kappa shape index (κ3) is 7.80. The van der Waals surface area contributed by atoms with Crippen LogP contribution in [-0.4, -0.2) is 36.2 Å². The van der Waals surface area contributed by atoms with E-state index >= 15 is 0 Å². The van der Waals surface area contributed by atoms with Crippen molar-refractivity contribution in [2.24, 2.45) is 5.92 Å². The maximum absolute atomic E-state index is 8.88. The highest BCUT2D eigenvalue weighted by molar-refractivity contribution is 4.59. The van der Waals surface area contributed by atoms with Crippen LogP contribution in [0.15, 0.2) is 0 Å². The van der Waals surface area contributed by atoms with E-state index in [-0.39, 0.29) is 0 Å². The fourth-order valence-corrected chi connectivity index (χ4v) is 2.04. The molecule has 1 atom stereocenters. The van der Waals surface area contributed by atoms with Crippen molar-refractivity contribution in [1.82, 2.24) is 4.90 Å². The van der Waals surface area contributed by atoms with Gasteiger partial charge in [0.2, 0.25) is 0 Å². The average molecular weight is 215 g/mol. The van der Waals surface area contributed by atoms with Crippen molar-refractivity contribution in [3.05, 3.63) is 0 Å². The summed E-state index contributed by atoms with van der Waals surface area (Å²) in [6.07, 6.45) is 6.12. The van der Waals surface area contributed by atoms with Gasteiger partial charge in [0, 0.05) is 6.61 Å². The normalized spacial score (nSPS) is 13.4. The highest BCUT2D eigenvalue weighted by atomic mass is 16.3. The van der Waals surface area contributed by atoms with Crippen LogP contribution in [-0.2, 0) is 0 Å². The smallest absolute Gasteiger partial charge is 0.0433 e. The first kappa shape index (κ1) is 14.9. The first-order valence-electron chi connectivity index (χ1n) is 6.61. The van der Waals surface area contributed by atoms with Gasteiger partial charge >= 0.3 is 0 Å². The minimum absolute atomic E-state index is 0.356. The molecule has 0 saturated heterocycles. The van der Waals surface area contributed by atoms with Crippen molar-refractivity contribution >= 4 is 0 Å². The highest BCUT2D eigenvalue weighted by Crippen LogP contribution is 2.16. The molecule has 2 nitrogen and oxygen atoms in total. The van der Waals surface area contributed by atoms with E-state index in [0.29, 0.717) is 6.61 Å². The lowest BCUT2D eigenvalue weighted by Crippen LogP contribution is -2.24. The molecular weight excluding hydrogens is 186 g/mol. The lowest BCUT2D eigenvalue weighted by Gasteiger charge is -2.18. The Balaban J connectivity index is 3.42. The Hall–Kier alpha value is -0.0800. The van der Waals surface area contributed by atoms with E-state index in [9.17, 15) is 0 Å². The van der Waals surface area contributed by atoms with Gasteiger partial charge in [-0.2, -0.15) is 0 Å². The molecule has 0 radical (unpaired) electrons. The molecule has 0 unspecified atom stereocenters. The molecule has 1 N–H and O–H groups in total. The summed E-state index contributed by atoms with van der Waals surface area (Å²) in [6.45, 7) is 10.6. The molecule has 0 aromatic rings. The van der Waals surface area contributed by atoms with E-state index in [1.165, 1.54) is 45.3 Å². The van der Waals surface area contributed by atoms with Crippen LogP contribution in [0.25, 0.3) is 0 Å². The van der Waals surface area contributed by atoms with Crippen LogP contribution in [0.1, 0.15) is 52.9 Å². The Bertz CT molecular complexity index is 124. The zero-order valence-electron chi connectivity index (χ0n) is 10.8. The minimum Gasteiger partial charge on any atom is -0.396 e. The number of hydrogen-bond acceptors (Lipinski definition) is 2. The summed E-state index contributed by atoms with van der Waals surface area (Å²) < 4.78 is 0. The van der Waals surface area contributed by atoms with Crippen molar-refractivity contribution in [2.45, 2.75) is 52.9 Å². The van der Waals surface area contributed by atoms with Crippen LogP contribution in [0.4, 0.5) is 0 Å². The molecule has 0 aliphatic carbocycles. The largest absolute Gasteiger partial charge is 0.396 e. The fourth-order valence-electron chi connectivity index (χ4n) is 2.04. The second-order valence-corrected chi connectivity index (χ2v) is 4.31. The maximum atomic E-state index is 8.88. The van der Waals surface area contributed by atoms with Gasteiger partial charge in [0.25, 0.3) is 0 Å². The molecule has 92 valence electrons. The van der Waals surface area contributed by atoms with E-state index in [4.69, 9.17) is 5.11 Å². The molecule has 0 aliphatic heterocycles. The molecule has 0 spiro atoms. The molecule has 0 amide bonds. The zero-order valence-corrected chi connectivity index (χ0v) is 10.8. The number of nitrogens with zero attached hydrogens (tertiary/aromatic N) is 1. The summed E-state index contributed by atoms with van der Waals surface area (Å²) in [7, 11) is 0. The van der Waals surface area contributed by atoms with Crippen molar-refractivity contribution < 1.29 is 5.11 Å². The third-order valence-electron chi connectivity index (χ3n) is 3.35. The second-order valence-electron chi connectivity index (χ2n) is 4.31. The Labute approximate surface area is 95.7 Å². The molecular formula is C13H29NO. The van der Waals surface area contributed by atoms with Gasteiger partial charge in [-0.1, -0.05) is 40.0 Å². The monoisotopic (exact) mass is 215 g/mol. The summed E-state index contributed by atoms with van der Waals surface area (Å²) in [5, 5.41) is 8.88. The Morgan fingerprint density at radius 1 is 1.00 bits per heavy atom. The Kier molecular flexibility index (Phi) is 10.4. The third-order valence-corrected chi connectivity index (χ3v) is 3.35. The van der Waals surface area contributed by atoms with Gasteiger partial charge in [-0.15, -0.1) is 0 Å². The molecule has 2 heteroatoms. The first-order valence-corrected chi connectivity index (χ1v) is 6.61.